The molecule has 4 nitrogen and oxygen atoms in total. The van der Waals surface area contributed by atoms with Crippen LogP contribution >= 0.6 is 0 Å². The summed E-state index contributed by atoms with van der Waals surface area (Å²) in [5.41, 5.74) is 5.78. The van der Waals surface area contributed by atoms with Gasteiger partial charge in [-0.1, -0.05) is 0 Å². The van der Waals surface area contributed by atoms with Crippen LogP contribution in [-0.2, 0) is 9.53 Å². The van der Waals surface area contributed by atoms with Gasteiger partial charge in [-0.15, -0.1) is 0 Å². The summed E-state index contributed by atoms with van der Waals surface area (Å²) < 4.78 is 5.61. The van der Waals surface area contributed by atoms with Crippen molar-refractivity contribution in [2.45, 2.75) is 44.8 Å². The molecule has 1 aliphatic carbocycles. The van der Waals surface area contributed by atoms with Gasteiger partial charge in [0, 0.05) is 19.5 Å². The van der Waals surface area contributed by atoms with E-state index < -0.39 is 0 Å². The van der Waals surface area contributed by atoms with Gasteiger partial charge in [-0.2, -0.15) is 0 Å². The first kappa shape index (κ1) is 11.5. The van der Waals surface area contributed by atoms with Gasteiger partial charge in [0.05, 0.1) is 12.7 Å². The minimum absolute atomic E-state index is 0.000679. The van der Waals surface area contributed by atoms with Crippen molar-refractivity contribution in [2.75, 3.05) is 13.2 Å². The number of amides is 1. The molecule has 1 saturated carbocycles. The van der Waals surface area contributed by atoms with Crippen LogP contribution in [-0.4, -0.2) is 31.2 Å². The maximum Gasteiger partial charge on any atom is 0.216 e. The molecule has 0 aliphatic heterocycles. The van der Waals surface area contributed by atoms with E-state index in [1.807, 2.05) is 0 Å². The van der Waals surface area contributed by atoms with Crippen LogP contribution in [0, 0.1) is 0 Å². The fraction of sp³-hybridized carbons (Fsp3) is 0.900. The lowest BCUT2D eigenvalue weighted by Gasteiger charge is -2.26. The molecule has 1 fully saturated rings. The van der Waals surface area contributed by atoms with Crippen molar-refractivity contribution in [2.24, 2.45) is 5.73 Å². The van der Waals surface area contributed by atoms with E-state index in [9.17, 15) is 4.79 Å². The van der Waals surface area contributed by atoms with Crippen LogP contribution in [0.5, 0.6) is 0 Å². The molecular weight excluding hydrogens is 180 g/mol. The minimum Gasteiger partial charge on any atom is -0.376 e. The van der Waals surface area contributed by atoms with Gasteiger partial charge in [0.25, 0.3) is 0 Å². The molecule has 1 aliphatic rings. The Labute approximate surface area is 85.2 Å². The quantitative estimate of drug-likeness (QED) is 0.646. The van der Waals surface area contributed by atoms with Gasteiger partial charge in [0.1, 0.15) is 0 Å². The zero-order chi connectivity index (χ0) is 10.4. The highest BCUT2D eigenvalue weighted by molar-refractivity contribution is 5.72. The molecule has 0 spiro atoms. The zero-order valence-corrected chi connectivity index (χ0v) is 8.79. The topological polar surface area (TPSA) is 64.3 Å². The molecule has 0 unspecified atom stereocenters. The van der Waals surface area contributed by atoms with Crippen molar-refractivity contribution in [1.82, 2.24) is 5.32 Å². The Balaban J connectivity index is 1.99. The zero-order valence-electron chi connectivity index (χ0n) is 8.79. The van der Waals surface area contributed by atoms with Gasteiger partial charge in [0.15, 0.2) is 0 Å². The highest BCUT2D eigenvalue weighted by Crippen LogP contribution is 2.19. The van der Waals surface area contributed by atoms with E-state index >= 15 is 0 Å². The van der Waals surface area contributed by atoms with E-state index in [1.54, 1.807) is 0 Å². The highest BCUT2D eigenvalue weighted by Gasteiger charge is 2.18. The number of hydrogen-bond acceptors (Lipinski definition) is 3. The average Bonchev–Trinajstić information content (AvgIpc) is 2.15. The molecule has 0 aromatic heterocycles. The monoisotopic (exact) mass is 200 g/mol. The fourth-order valence-corrected chi connectivity index (χ4v) is 1.71. The third-order valence-electron chi connectivity index (χ3n) is 2.55. The van der Waals surface area contributed by atoms with Crippen LogP contribution in [0.2, 0.25) is 0 Å². The van der Waals surface area contributed by atoms with Crippen molar-refractivity contribution in [3.8, 4) is 0 Å². The molecule has 0 radical (unpaired) electrons. The van der Waals surface area contributed by atoms with Crippen molar-refractivity contribution < 1.29 is 9.53 Å². The normalized spacial score (nSPS) is 27.3. The Kier molecular flexibility index (Phi) is 4.90. The largest absolute Gasteiger partial charge is 0.376 e. The summed E-state index contributed by atoms with van der Waals surface area (Å²) in [4.78, 5) is 10.6. The van der Waals surface area contributed by atoms with E-state index in [-0.39, 0.29) is 5.91 Å². The van der Waals surface area contributed by atoms with Gasteiger partial charge in [-0.25, -0.2) is 0 Å². The lowest BCUT2D eigenvalue weighted by Crippen LogP contribution is -2.32. The summed E-state index contributed by atoms with van der Waals surface area (Å²) in [7, 11) is 0. The second-order valence-electron chi connectivity index (χ2n) is 3.89. The first-order valence-corrected chi connectivity index (χ1v) is 5.30. The van der Waals surface area contributed by atoms with Gasteiger partial charge in [-0.3, -0.25) is 4.79 Å². The molecule has 1 amide bonds. The van der Waals surface area contributed by atoms with Crippen LogP contribution in [0.3, 0.4) is 0 Å². The van der Waals surface area contributed by atoms with Crippen molar-refractivity contribution >= 4 is 5.91 Å². The maximum absolute atomic E-state index is 10.6. The third-order valence-corrected chi connectivity index (χ3v) is 2.55. The summed E-state index contributed by atoms with van der Waals surface area (Å²) in [6.45, 7) is 2.73. The first-order valence-electron chi connectivity index (χ1n) is 5.30. The average molecular weight is 200 g/mol. The van der Waals surface area contributed by atoms with E-state index in [1.165, 1.54) is 6.92 Å². The molecule has 0 bridgehead atoms. The second kappa shape index (κ2) is 5.98. The van der Waals surface area contributed by atoms with E-state index in [4.69, 9.17) is 10.5 Å². The lowest BCUT2D eigenvalue weighted by atomic mass is 9.94. The van der Waals surface area contributed by atoms with Gasteiger partial charge in [-0.05, 0) is 25.7 Å². The SMILES string of the molecule is CC(=O)NCCOC1CCC(N)CC1. The summed E-state index contributed by atoms with van der Waals surface area (Å²) >= 11 is 0. The molecule has 0 aromatic carbocycles. The van der Waals surface area contributed by atoms with Crippen LogP contribution in [0.1, 0.15) is 32.6 Å². The second-order valence-corrected chi connectivity index (χ2v) is 3.89. The van der Waals surface area contributed by atoms with E-state index in [2.05, 4.69) is 5.32 Å². The van der Waals surface area contributed by atoms with Gasteiger partial charge < -0.3 is 15.8 Å². The van der Waals surface area contributed by atoms with Crippen LogP contribution < -0.4 is 11.1 Å². The first-order chi connectivity index (χ1) is 6.68. The van der Waals surface area contributed by atoms with E-state index in [0.717, 1.165) is 25.7 Å². The lowest BCUT2D eigenvalue weighted by molar-refractivity contribution is -0.119. The van der Waals surface area contributed by atoms with E-state index in [0.29, 0.717) is 25.3 Å². The molecule has 1 rings (SSSR count). The maximum atomic E-state index is 10.6. The molecule has 14 heavy (non-hydrogen) atoms. The molecule has 82 valence electrons. The Morgan fingerprint density at radius 3 is 2.64 bits per heavy atom. The summed E-state index contributed by atoms with van der Waals surface area (Å²) in [6, 6.07) is 0.366. The van der Waals surface area contributed by atoms with Crippen LogP contribution in [0.4, 0.5) is 0 Å². The number of nitrogens with two attached hydrogens (primary N) is 1. The smallest absolute Gasteiger partial charge is 0.216 e. The molecular formula is C10H20N2O2. The Morgan fingerprint density at radius 2 is 2.07 bits per heavy atom. The van der Waals surface area contributed by atoms with Gasteiger partial charge in [0.2, 0.25) is 5.91 Å². The number of carbonyl (C=O) groups is 1. The molecule has 4 heteroatoms. The number of nitrogens with one attached hydrogen (secondary N) is 1. The summed E-state index contributed by atoms with van der Waals surface area (Å²) in [5, 5.41) is 2.71. The predicted molar refractivity (Wildman–Crippen MR) is 54.9 cm³/mol. The molecule has 0 saturated heterocycles. The minimum atomic E-state index is -0.000679. The number of carbonyl (C=O) groups excluding carboxylic acids is 1. The Bertz CT molecular complexity index is 177. The number of rotatable bonds is 4. The molecule has 0 heterocycles. The summed E-state index contributed by atoms with van der Waals surface area (Å²) in [5.74, 6) is -0.000679. The fourth-order valence-electron chi connectivity index (χ4n) is 1.71. The molecule has 0 aromatic rings. The van der Waals surface area contributed by atoms with Crippen LogP contribution in [0.15, 0.2) is 0 Å². The highest BCUT2D eigenvalue weighted by atomic mass is 16.5. The van der Waals surface area contributed by atoms with Crippen molar-refractivity contribution in [1.29, 1.82) is 0 Å². The predicted octanol–water partition coefficient (Wildman–Crippen LogP) is 0.409. The third kappa shape index (κ3) is 4.58. The Hall–Kier alpha value is -0.610. The number of ether oxygens (including phenoxy) is 1. The van der Waals surface area contributed by atoms with Gasteiger partial charge >= 0.3 is 0 Å². The molecule has 3 N–H and O–H groups in total. The number of hydrogen-bond donors (Lipinski definition) is 2. The summed E-state index contributed by atoms with van der Waals surface area (Å²) in [6.07, 6.45) is 4.58. The Morgan fingerprint density at radius 1 is 1.43 bits per heavy atom. The standard InChI is InChI=1S/C10H20N2O2/c1-8(13)12-6-7-14-10-4-2-9(11)3-5-10/h9-10H,2-7,11H2,1H3,(H,12,13). The molecule has 0 atom stereocenters. The van der Waals surface area contributed by atoms with Crippen LogP contribution in [0.25, 0.3) is 0 Å². The van der Waals surface area contributed by atoms with Crippen molar-refractivity contribution in [3.63, 3.8) is 0 Å². The van der Waals surface area contributed by atoms with Crippen molar-refractivity contribution in [3.05, 3.63) is 0 Å².